The molecule has 0 fully saturated rings. The summed E-state index contributed by atoms with van der Waals surface area (Å²) < 4.78 is 1.60. The average Bonchev–Trinajstić information content (AvgIpc) is 3.10. The van der Waals surface area contributed by atoms with Crippen LogP contribution in [0.5, 0.6) is 0 Å². The molecule has 106 valence electrons. The number of anilines is 1. The summed E-state index contributed by atoms with van der Waals surface area (Å²) in [7, 11) is 0. The summed E-state index contributed by atoms with van der Waals surface area (Å²) in [6.45, 7) is 3.61. The first kappa shape index (κ1) is 13.0. The fourth-order valence-corrected chi connectivity index (χ4v) is 2.18. The van der Waals surface area contributed by atoms with Crippen LogP contribution in [0.15, 0.2) is 36.9 Å². The van der Waals surface area contributed by atoms with Gasteiger partial charge >= 0.3 is 0 Å². The highest BCUT2D eigenvalue weighted by atomic mass is 16.1. The summed E-state index contributed by atoms with van der Waals surface area (Å²) in [6, 6.07) is 7.41. The molecule has 0 atom stereocenters. The van der Waals surface area contributed by atoms with Gasteiger partial charge in [0.1, 0.15) is 12.7 Å². The second-order valence-corrected chi connectivity index (χ2v) is 4.62. The molecule has 0 radical (unpaired) electrons. The first-order valence-electron chi connectivity index (χ1n) is 6.44. The summed E-state index contributed by atoms with van der Waals surface area (Å²) >= 11 is 0. The Bertz CT molecular complexity index is 755. The Kier molecular flexibility index (Phi) is 3.23. The second kappa shape index (κ2) is 5.20. The Morgan fingerprint density at radius 1 is 1.29 bits per heavy atom. The Balaban J connectivity index is 1.94. The van der Waals surface area contributed by atoms with E-state index in [0.717, 1.165) is 11.4 Å². The first-order chi connectivity index (χ1) is 10.2. The number of rotatable bonds is 3. The minimum absolute atomic E-state index is 0.202. The van der Waals surface area contributed by atoms with Crippen LogP contribution >= 0.6 is 0 Å². The van der Waals surface area contributed by atoms with Gasteiger partial charge in [-0.1, -0.05) is 12.1 Å². The highest BCUT2D eigenvalue weighted by Crippen LogP contribution is 2.20. The van der Waals surface area contributed by atoms with Crippen molar-refractivity contribution in [3.05, 3.63) is 53.9 Å². The molecule has 0 aliphatic rings. The Morgan fingerprint density at radius 3 is 2.76 bits per heavy atom. The standard InChI is InChI=1S/C14H14N6O/c1-9-13(10(2)19-18-9)14(21)17-11-5-3-4-6-12(11)20-8-15-7-16-20/h3-8H,1-2H3,(H,17,21)(H,18,19). The molecule has 7 nitrogen and oxygen atoms in total. The number of aromatic amines is 1. The van der Waals surface area contributed by atoms with Crippen LogP contribution in [0, 0.1) is 13.8 Å². The molecule has 0 aliphatic carbocycles. The van der Waals surface area contributed by atoms with Crippen molar-refractivity contribution in [1.29, 1.82) is 0 Å². The molecule has 21 heavy (non-hydrogen) atoms. The predicted octanol–water partition coefficient (Wildman–Crippen LogP) is 1.86. The lowest BCUT2D eigenvalue weighted by atomic mass is 10.1. The van der Waals surface area contributed by atoms with Gasteiger partial charge in [-0.05, 0) is 26.0 Å². The van der Waals surface area contributed by atoms with Gasteiger partial charge in [-0.2, -0.15) is 10.2 Å². The average molecular weight is 282 g/mol. The third-order valence-corrected chi connectivity index (χ3v) is 3.17. The zero-order chi connectivity index (χ0) is 14.8. The van der Waals surface area contributed by atoms with Gasteiger partial charge in [0.25, 0.3) is 5.91 Å². The number of carbonyl (C=O) groups excluding carboxylic acids is 1. The number of aromatic nitrogens is 5. The molecule has 3 rings (SSSR count). The monoisotopic (exact) mass is 282 g/mol. The Labute approximate surface area is 121 Å². The van der Waals surface area contributed by atoms with Gasteiger partial charge in [0.2, 0.25) is 0 Å². The molecule has 0 unspecified atom stereocenters. The molecule has 0 spiro atoms. The molecule has 0 aliphatic heterocycles. The molecule has 2 aromatic heterocycles. The summed E-state index contributed by atoms with van der Waals surface area (Å²) in [5.41, 5.74) is 3.38. The van der Waals surface area contributed by atoms with Crippen molar-refractivity contribution >= 4 is 11.6 Å². The minimum Gasteiger partial charge on any atom is -0.320 e. The van der Waals surface area contributed by atoms with Crippen molar-refractivity contribution < 1.29 is 4.79 Å². The number of nitrogens with one attached hydrogen (secondary N) is 2. The molecule has 1 aromatic carbocycles. The third kappa shape index (κ3) is 2.40. The van der Waals surface area contributed by atoms with Crippen molar-refractivity contribution in [2.45, 2.75) is 13.8 Å². The maximum absolute atomic E-state index is 12.4. The lowest BCUT2D eigenvalue weighted by Gasteiger charge is -2.10. The predicted molar refractivity (Wildman–Crippen MR) is 77.4 cm³/mol. The summed E-state index contributed by atoms with van der Waals surface area (Å²) in [5.74, 6) is -0.202. The number of nitrogens with zero attached hydrogens (tertiary/aromatic N) is 4. The van der Waals surface area contributed by atoms with Crippen molar-refractivity contribution in [3.8, 4) is 5.69 Å². The van der Waals surface area contributed by atoms with E-state index < -0.39 is 0 Å². The number of hydrogen-bond acceptors (Lipinski definition) is 4. The van der Waals surface area contributed by atoms with E-state index in [1.54, 1.807) is 17.9 Å². The number of carbonyl (C=O) groups is 1. The summed E-state index contributed by atoms with van der Waals surface area (Å²) in [6.07, 6.45) is 3.03. The third-order valence-electron chi connectivity index (χ3n) is 3.17. The maximum Gasteiger partial charge on any atom is 0.259 e. The molecule has 7 heteroatoms. The first-order valence-corrected chi connectivity index (χ1v) is 6.44. The van der Waals surface area contributed by atoms with Crippen LogP contribution in [0.2, 0.25) is 0 Å². The number of aryl methyl sites for hydroxylation is 2. The summed E-state index contributed by atoms with van der Waals surface area (Å²) in [4.78, 5) is 16.3. The van der Waals surface area contributed by atoms with Gasteiger partial charge in [0.15, 0.2) is 0 Å². The zero-order valence-electron chi connectivity index (χ0n) is 11.7. The van der Waals surface area contributed by atoms with Gasteiger partial charge < -0.3 is 5.32 Å². The van der Waals surface area contributed by atoms with E-state index in [2.05, 4.69) is 25.6 Å². The van der Waals surface area contributed by atoms with Crippen LogP contribution in [0.3, 0.4) is 0 Å². The SMILES string of the molecule is Cc1n[nH]c(C)c1C(=O)Nc1ccccc1-n1cncn1. The number of amides is 1. The van der Waals surface area contributed by atoms with Crippen molar-refractivity contribution in [2.75, 3.05) is 5.32 Å². The van der Waals surface area contributed by atoms with Gasteiger partial charge in [-0.25, -0.2) is 9.67 Å². The second-order valence-electron chi connectivity index (χ2n) is 4.62. The minimum atomic E-state index is -0.202. The van der Waals surface area contributed by atoms with Crippen molar-refractivity contribution in [3.63, 3.8) is 0 Å². The van der Waals surface area contributed by atoms with Gasteiger partial charge in [0, 0.05) is 5.69 Å². The maximum atomic E-state index is 12.4. The van der Waals surface area contributed by atoms with E-state index in [4.69, 9.17) is 0 Å². The van der Waals surface area contributed by atoms with Crippen LogP contribution in [0.4, 0.5) is 5.69 Å². The van der Waals surface area contributed by atoms with Crippen LogP contribution in [0.1, 0.15) is 21.7 Å². The smallest absolute Gasteiger partial charge is 0.259 e. The van der Waals surface area contributed by atoms with Gasteiger partial charge in [0.05, 0.1) is 22.6 Å². The quantitative estimate of drug-likeness (QED) is 0.767. The Hall–Kier alpha value is -2.96. The molecule has 0 saturated heterocycles. The van der Waals surface area contributed by atoms with E-state index in [0.29, 0.717) is 16.9 Å². The molecule has 3 aromatic rings. The lowest BCUT2D eigenvalue weighted by molar-refractivity contribution is 0.102. The zero-order valence-corrected chi connectivity index (χ0v) is 11.7. The molecule has 2 N–H and O–H groups in total. The normalized spacial score (nSPS) is 10.6. The fourth-order valence-electron chi connectivity index (χ4n) is 2.18. The largest absolute Gasteiger partial charge is 0.320 e. The Morgan fingerprint density at radius 2 is 2.10 bits per heavy atom. The van der Waals surface area contributed by atoms with Crippen LogP contribution < -0.4 is 5.32 Å². The van der Waals surface area contributed by atoms with Crippen molar-refractivity contribution in [1.82, 2.24) is 25.0 Å². The van der Waals surface area contributed by atoms with E-state index in [1.165, 1.54) is 6.33 Å². The molecular weight excluding hydrogens is 268 g/mol. The molecule has 2 heterocycles. The highest BCUT2D eigenvalue weighted by molar-refractivity contribution is 6.06. The molecule has 0 saturated carbocycles. The van der Waals surface area contributed by atoms with Crippen molar-refractivity contribution in [2.24, 2.45) is 0 Å². The van der Waals surface area contributed by atoms with Gasteiger partial charge in [-0.3, -0.25) is 9.89 Å². The number of benzene rings is 1. The lowest BCUT2D eigenvalue weighted by Crippen LogP contribution is -2.15. The number of H-pyrrole nitrogens is 1. The number of hydrogen-bond donors (Lipinski definition) is 2. The van der Waals surface area contributed by atoms with Crippen LogP contribution in [-0.2, 0) is 0 Å². The van der Waals surface area contributed by atoms with Crippen LogP contribution in [0.25, 0.3) is 5.69 Å². The molecule has 0 bridgehead atoms. The van der Waals surface area contributed by atoms with E-state index in [1.807, 2.05) is 31.2 Å². The van der Waals surface area contributed by atoms with Crippen LogP contribution in [-0.4, -0.2) is 30.9 Å². The van der Waals surface area contributed by atoms with E-state index >= 15 is 0 Å². The molecular formula is C14H14N6O. The van der Waals surface area contributed by atoms with E-state index in [-0.39, 0.29) is 5.91 Å². The van der Waals surface area contributed by atoms with Gasteiger partial charge in [-0.15, -0.1) is 0 Å². The molecule has 1 amide bonds. The van der Waals surface area contributed by atoms with E-state index in [9.17, 15) is 4.79 Å². The topological polar surface area (TPSA) is 88.5 Å². The fraction of sp³-hybridized carbons (Fsp3) is 0.143. The number of para-hydroxylation sites is 2. The summed E-state index contributed by atoms with van der Waals surface area (Å²) in [5, 5.41) is 13.8. The highest BCUT2D eigenvalue weighted by Gasteiger charge is 2.16.